The van der Waals surface area contributed by atoms with E-state index in [9.17, 15) is 22.8 Å². The molecule has 0 saturated heterocycles. The Morgan fingerprint density at radius 1 is 1.06 bits per heavy atom. The first-order valence-electron chi connectivity index (χ1n) is 10.3. The van der Waals surface area contributed by atoms with Gasteiger partial charge in [-0.1, -0.05) is 6.07 Å². The number of nitrogens with two attached hydrogens (primary N) is 1. The molecular weight excluding hydrogens is 432 g/mol. The Morgan fingerprint density at radius 3 is 2.34 bits per heavy atom. The highest BCUT2D eigenvalue weighted by molar-refractivity contribution is 7.89. The maximum atomic E-state index is 12.9. The van der Waals surface area contributed by atoms with Crippen LogP contribution < -0.4 is 15.8 Å². The molecule has 32 heavy (non-hydrogen) atoms. The summed E-state index contributed by atoms with van der Waals surface area (Å²) in [5, 5.41) is 2.70. The van der Waals surface area contributed by atoms with E-state index in [4.69, 9.17) is 5.73 Å². The van der Waals surface area contributed by atoms with Gasteiger partial charge in [-0.05, 0) is 62.2 Å². The molecule has 1 aliphatic rings. The zero-order valence-electron chi connectivity index (χ0n) is 17.7. The number of sulfonamides is 1. The third kappa shape index (κ3) is 6.14. The normalized spacial score (nSPS) is 13.4. The van der Waals surface area contributed by atoms with Crippen molar-refractivity contribution in [2.24, 2.45) is 5.73 Å². The van der Waals surface area contributed by atoms with Crippen molar-refractivity contribution in [1.29, 1.82) is 0 Å². The van der Waals surface area contributed by atoms with Crippen molar-refractivity contribution in [3.8, 4) is 0 Å². The fourth-order valence-electron chi connectivity index (χ4n) is 3.05. The number of carbonyl (C=O) groups is 3. The molecule has 0 bridgehead atoms. The van der Waals surface area contributed by atoms with Crippen LogP contribution >= 0.6 is 0 Å². The largest absolute Gasteiger partial charge is 0.366 e. The number of rotatable bonds is 10. The average Bonchev–Trinajstić information content (AvgIpc) is 3.58. The third-order valence-electron chi connectivity index (χ3n) is 5.02. The number of carbonyl (C=O) groups excluding carboxylic acids is 3. The van der Waals surface area contributed by atoms with Crippen LogP contribution in [0.3, 0.4) is 0 Å². The molecule has 0 heterocycles. The van der Waals surface area contributed by atoms with Gasteiger partial charge in [0.25, 0.3) is 5.91 Å². The number of amides is 3. The van der Waals surface area contributed by atoms with Crippen LogP contribution in [0.2, 0.25) is 0 Å². The summed E-state index contributed by atoms with van der Waals surface area (Å²) in [7, 11) is -3.67. The minimum Gasteiger partial charge on any atom is -0.366 e. The fraction of sp³-hybridized carbons (Fsp3) is 0.318. The van der Waals surface area contributed by atoms with Gasteiger partial charge in [0.15, 0.2) is 0 Å². The number of nitrogens with zero attached hydrogens (tertiary/aromatic N) is 1. The number of hydrogen-bond donors (Lipinski definition) is 3. The van der Waals surface area contributed by atoms with Gasteiger partial charge in [0.2, 0.25) is 21.8 Å². The second-order valence-corrected chi connectivity index (χ2v) is 9.26. The lowest BCUT2D eigenvalue weighted by Crippen LogP contribution is -2.34. The summed E-state index contributed by atoms with van der Waals surface area (Å²) in [6, 6.07) is 12.0. The molecule has 0 atom stereocenters. The van der Waals surface area contributed by atoms with Gasteiger partial charge in [0.1, 0.15) is 0 Å². The standard InChI is InChI=1S/C22H26N4O5S/c1-2-26(13-12-20(27)24-17-8-6-15(7-9-17)21(23)28)22(29)16-4-3-5-19(14-16)32(30,31)25-18-10-11-18/h3-9,14,18,25H,2,10-13H2,1H3,(H2,23,28)(H,24,27). The molecule has 3 amide bonds. The molecule has 4 N–H and O–H groups in total. The molecule has 0 unspecified atom stereocenters. The maximum Gasteiger partial charge on any atom is 0.253 e. The van der Waals surface area contributed by atoms with Crippen molar-refractivity contribution >= 4 is 33.4 Å². The van der Waals surface area contributed by atoms with E-state index in [1.807, 2.05) is 0 Å². The van der Waals surface area contributed by atoms with Gasteiger partial charge in [-0.3, -0.25) is 14.4 Å². The summed E-state index contributed by atoms with van der Waals surface area (Å²) >= 11 is 0. The quantitative estimate of drug-likeness (QED) is 0.497. The van der Waals surface area contributed by atoms with E-state index in [2.05, 4.69) is 10.0 Å². The van der Waals surface area contributed by atoms with E-state index in [1.165, 1.54) is 35.2 Å². The molecule has 9 nitrogen and oxygen atoms in total. The van der Waals surface area contributed by atoms with Crippen LogP contribution in [0.25, 0.3) is 0 Å². The fourth-order valence-corrected chi connectivity index (χ4v) is 4.40. The second kappa shape index (κ2) is 9.92. The van der Waals surface area contributed by atoms with Crippen molar-refractivity contribution < 1.29 is 22.8 Å². The van der Waals surface area contributed by atoms with Gasteiger partial charge in [-0.15, -0.1) is 0 Å². The lowest BCUT2D eigenvalue weighted by molar-refractivity contribution is -0.116. The predicted octanol–water partition coefficient (Wildman–Crippen LogP) is 1.72. The SMILES string of the molecule is CCN(CCC(=O)Nc1ccc(C(N)=O)cc1)C(=O)c1cccc(S(=O)(=O)NC2CC2)c1. The van der Waals surface area contributed by atoms with E-state index < -0.39 is 15.9 Å². The Bertz CT molecular complexity index is 1110. The summed E-state index contributed by atoms with van der Waals surface area (Å²) in [4.78, 5) is 37.8. The van der Waals surface area contributed by atoms with Crippen LogP contribution in [0.5, 0.6) is 0 Å². The molecule has 0 spiro atoms. The van der Waals surface area contributed by atoms with Crippen LogP contribution in [0.1, 0.15) is 46.9 Å². The first-order valence-corrected chi connectivity index (χ1v) is 11.8. The molecule has 0 aliphatic heterocycles. The number of primary amides is 1. The molecular formula is C22H26N4O5S. The number of anilines is 1. The zero-order chi connectivity index (χ0) is 23.3. The van der Waals surface area contributed by atoms with Gasteiger partial charge < -0.3 is 16.0 Å². The van der Waals surface area contributed by atoms with Crippen molar-refractivity contribution in [1.82, 2.24) is 9.62 Å². The molecule has 3 rings (SSSR count). The van der Waals surface area contributed by atoms with Crippen LogP contribution in [-0.2, 0) is 14.8 Å². The Labute approximate surface area is 187 Å². The summed E-state index contributed by atoms with van der Waals surface area (Å²) < 4.78 is 27.5. The number of nitrogens with one attached hydrogen (secondary N) is 2. The zero-order valence-corrected chi connectivity index (χ0v) is 18.5. The van der Waals surface area contributed by atoms with Gasteiger partial charge in [0.05, 0.1) is 4.90 Å². The van der Waals surface area contributed by atoms with E-state index in [0.29, 0.717) is 17.8 Å². The topological polar surface area (TPSA) is 139 Å². The van der Waals surface area contributed by atoms with Crippen molar-refractivity contribution in [2.75, 3.05) is 18.4 Å². The molecule has 1 aliphatic carbocycles. The molecule has 170 valence electrons. The molecule has 0 radical (unpaired) electrons. The summed E-state index contributed by atoms with van der Waals surface area (Å²) in [5.41, 5.74) is 6.28. The number of hydrogen-bond acceptors (Lipinski definition) is 5. The van der Waals surface area contributed by atoms with Crippen molar-refractivity contribution in [2.45, 2.75) is 37.1 Å². The summed E-state index contributed by atoms with van der Waals surface area (Å²) in [6.45, 7) is 2.31. The monoisotopic (exact) mass is 458 g/mol. The first kappa shape index (κ1) is 23.4. The Balaban J connectivity index is 1.60. The van der Waals surface area contributed by atoms with Crippen molar-refractivity contribution in [3.63, 3.8) is 0 Å². The predicted molar refractivity (Wildman–Crippen MR) is 120 cm³/mol. The lowest BCUT2D eigenvalue weighted by Gasteiger charge is -2.21. The minimum absolute atomic E-state index is 0.0305. The molecule has 1 saturated carbocycles. The van der Waals surface area contributed by atoms with Crippen LogP contribution in [-0.4, -0.2) is 50.2 Å². The molecule has 1 fully saturated rings. The first-order chi connectivity index (χ1) is 15.2. The molecule has 0 aromatic heterocycles. The second-order valence-electron chi connectivity index (χ2n) is 7.55. The Kier molecular flexibility index (Phi) is 7.26. The molecule has 2 aromatic rings. The van der Waals surface area contributed by atoms with Crippen LogP contribution in [0.15, 0.2) is 53.4 Å². The van der Waals surface area contributed by atoms with Crippen LogP contribution in [0.4, 0.5) is 5.69 Å². The smallest absolute Gasteiger partial charge is 0.253 e. The van der Waals surface area contributed by atoms with Gasteiger partial charge >= 0.3 is 0 Å². The van der Waals surface area contributed by atoms with E-state index >= 15 is 0 Å². The Hall–Kier alpha value is -3.24. The average molecular weight is 459 g/mol. The van der Waals surface area contributed by atoms with E-state index in [0.717, 1.165) is 12.8 Å². The highest BCUT2D eigenvalue weighted by atomic mass is 32.2. The van der Waals surface area contributed by atoms with E-state index in [1.54, 1.807) is 25.1 Å². The van der Waals surface area contributed by atoms with Gasteiger partial charge in [-0.25, -0.2) is 13.1 Å². The van der Waals surface area contributed by atoms with Crippen LogP contribution in [0, 0.1) is 0 Å². The van der Waals surface area contributed by atoms with E-state index in [-0.39, 0.29) is 41.3 Å². The van der Waals surface area contributed by atoms with Gasteiger partial charge in [0, 0.05) is 42.4 Å². The summed E-state index contributed by atoms with van der Waals surface area (Å²) in [6.07, 6.45) is 1.69. The molecule has 10 heteroatoms. The third-order valence-corrected chi connectivity index (χ3v) is 6.54. The lowest BCUT2D eigenvalue weighted by atomic mass is 10.2. The Morgan fingerprint density at radius 2 is 1.75 bits per heavy atom. The van der Waals surface area contributed by atoms with Gasteiger partial charge in [-0.2, -0.15) is 0 Å². The maximum absolute atomic E-state index is 12.9. The highest BCUT2D eigenvalue weighted by Crippen LogP contribution is 2.22. The summed E-state index contributed by atoms with van der Waals surface area (Å²) in [5.74, 6) is -1.21. The molecule has 2 aromatic carbocycles. The van der Waals surface area contributed by atoms with Crippen molar-refractivity contribution in [3.05, 3.63) is 59.7 Å². The highest BCUT2D eigenvalue weighted by Gasteiger charge is 2.28. The minimum atomic E-state index is -3.67. The number of benzene rings is 2.